The second kappa shape index (κ2) is 9.03. The molecule has 2 aromatic rings. The first-order valence-corrected chi connectivity index (χ1v) is 7.89. The largest absolute Gasteiger partial charge is 0.496 e. The number of nitrogens with one attached hydrogen (secondary N) is 1. The molecule has 0 saturated heterocycles. The van der Waals surface area contributed by atoms with Crippen LogP contribution in [0.5, 0.6) is 23.0 Å². The fraction of sp³-hybridized carbons (Fsp3) is 0.278. The molecule has 0 aliphatic carbocycles. The van der Waals surface area contributed by atoms with Gasteiger partial charge in [-0.1, -0.05) is 17.7 Å². The highest BCUT2D eigenvalue weighted by Crippen LogP contribution is 2.31. The molecule has 0 aliphatic rings. The normalized spacial score (nSPS) is 10.6. The SMILES string of the molecule is COc1cc(OC)c(/C=N/NCc2ccc(OC)c(OC)c2)cc1Cl. The van der Waals surface area contributed by atoms with Crippen molar-refractivity contribution in [2.75, 3.05) is 28.4 Å². The van der Waals surface area contributed by atoms with Crippen molar-refractivity contribution in [3.63, 3.8) is 0 Å². The number of ether oxygens (including phenoxy) is 4. The second-order valence-electron chi connectivity index (χ2n) is 5.01. The Hall–Kier alpha value is -2.60. The number of hydrazone groups is 1. The predicted molar refractivity (Wildman–Crippen MR) is 98.5 cm³/mol. The molecule has 2 aromatic carbocycles. The summed E-state index contributed by atoms with van der Waals surface area (Å²) in [6.45, 7) is 0.531. The summed E-state index contributed by atoms with van der Waals surface area (Å²) in [5.74, 6) is 2.54. The van der Waals surface area contributed by atoms with Gasteiger partial charge in [0.05, 0.1) is 46.2 Å². The lowest BCUT2D eigenvalue weighted by Gasteiger charge is -2.10. The molecule has 0 aliphatic heterocycles. The fourth-order valence-electron chi connectivity index (χ4n) is 2.23. The number of halogens is 1. The third-order valence-electron chi connectivity index (χ3n) is 3.53. The molecule has 7 heteroatoms. The van der Waals surface area contributed by atoms with Gasteiger partial charge in [-0.3, -0.25) is 0 Å². The van der Waals surface area contributed by atoms with Crippen molar-refractivity contribution in [3.05, 3.63) is 46.5 Å². The van der Waals surface area contributed by atoms with Crippen LogP contribution in [0.25, 0.3) is 0 Å². The van der Waals surface area contributed by atoms with Gasteiger partial charge in [0.25, 0.3) is 0 Å². The van der Waals surface area contributed by atoms with E-state index >= 15 is 0 Å². The smallest absolute Gasteiger partial charge is 0.161 e. The highest BCUT2D eigenvalue weighted by atomic mass is 35.5. The van der Waals surface area contributed by atoms with Crippen LogP contribution < -0.4 is 24.4 Å². The zero-order chi connectivity index (χ0) is 18.2. The van der Waals surface area contributed by atoms with E-state index in [-0.39, 0.29) is 0 Å². The molecule has 134 valence electrons. The van der Waals surface area contributed by atoms with Crippen LogP contribution in [-0.4, -0.2) is 34.7 Å². The Balaban J connectivity index is 2.05. The Kier molecular flexibility index (Phi) is 6.77. The number of nitrogens with zero attached hydrogens (tertiary/aromatic N) is 1. The predicted octanol–water partition coefficient (Wildman–Crippen LogP) is 3.50. The Morgan fingerprint density at radius 1 is 0.880 bits per heavy atom. The summed E-state index contributed by atoms with van der Waals surface area (Å²) in [6, 6.07) is 9.14. The van der Waals surface area contributed by atoms with Gasteiger partial charge in [-0.15, -0.1) is 0 Å². The quantitative estimate of drug-likeness (QED) is 0.574. The lowest BCUT2D eigenvalue weighted by atomic mass is 10.2. The maximum atomic E-state index is 6.14. The maximum absolute atomic E-state index is 6.14. The number of rotatable bonds is 8. The maximum Gasteiger partial charge on any atom is 0.161 e. The molecular formula is C18H21ClN2O4. The fourth-order valence-corrected chi connectivity index (χ4v) is 2.48. The van der Waals surface area contributed by atoms with Gasteiger partial charge in [0.15, 0.2) is 11.5 Å². The highest BCUT2D eigenvalue weighted by molar-refractivity contribution is 6.32. The van der Waals surface area contributed by atoms with E-state index in [0.29, 0.717) is 34.6 Å². The average Bonchev–Trinajstić information content (AvgIpc) is 2.65. The first-order valence-electron chi connectivity index (χ1n) is 7.51. The Morgan fingerprint density at radius 2 is 1.56 bits per heavy atom. The van der Waals surface area contributed by atoms with Crippen LogP contribution in [0.2, 0.25) is 5.02 Å². The standard InChI is InChI=1S/C18H21ClN2O4/c1-22-15-6-5-12(7-18(15)25-4)10-20-21-11-13-8-14(19)17(24-3)9-16(13)23-2/h5-9,11,20H,10H2,1-4H3/b21-11+. The highest BCUT2D eigenvalue weighted by Gasteiger charge is 2.08. The molecule has 0 bridgehead atoms. The van der Waals surface area contributed by atoms with Crippen LogP contribution in [0.3, 0.4) is 0 Å². The van der Waals surface area contributed by atoms with Gasteiger partial charge in [-0.2, -0.15) is 5.10 Å². The van der Waals surface area contributed by atoms with Crippen LogP contribution in [0.15, 0.2) is 35.4 Å². The first-order chi connectivity index (χ1) is 12.1. The molecule has 25 heavy (non-hydrogen) atoms. The lowest BCUT2D eigenvalue weighted by Crippen LogP contribution is -2.06. The average molecular weight is 365 g/mol. The van der Waals surface area contributed by atoms with Crippen LogP contribution in [-0.2, 0) is 6.54 Å². The molecule has 0 amide bonds. The Morgan fingerprint density at radius 3 is 2.20 bits per heavy atom. The van der Waals surface area contributed by atoms with Crippen molar-refractivity contribution in [1.82, 2.24) is 5.43 Å². The minimum Gasteiger partial charge on any atom is -0.496 e. The van der Waals surface area contributed by atoms with Gasteiger partial charge in [0.1, 0.15) is 11.5 Å². The van der Waals surface area contributed by atoms with Crippen molar-refractivity contribution in [2.24, 2.45) is 5.10 Å². The van der Waals surface area contributed by atoms with Crippen LogP contribution in [0.1, 0.15) is 11.1 Å². The van der Waals surface area contributed by atoms with E-state index in [1.54, 1.807) is 46.8 Å². The second-order valence-corrected chi connectivity index (χ2v) is 5.42. The molecule has 0 unspecified atom stereocenters. The van der Waals surface area contributed by atoms with Crippen LogP contribution in [0, 0.1) is 0 Å². The molecule has 0 aromatic heterocycles. The Bertz CT molecular complexity index is 750. The molecule has 1 N–H and O–H groups in total. The first kappa shape index (κ1) is 18.7. The summed E-state index contributed by atoms with van der Waals surface area (Å²) in [7, 11) is 6.34. The monoisotopic (exact) mass is 364 g/mol. The summed E-state index contributed by atoms with van der Waals surface area (Å²) in [5, 5.41) is 4.70. The van der Waals surface area contributed by atoms with Crippen molar-refractivity contribution < 1.29 is 18.9 Å². The van der Waals surface area contributed by atoms with Crippen molar-refractivity contribution in [1.29, 1.82) is 0 Å². The van der Waals surface area contributed by atoms with Crippen molar-refractivity contribution >= 4 is 17.8 Å². The molecule has 0 fully saturated rings. The minimum absolute atomic E-state index is 0.490. The van der Waals surface area contributed by atoms with Gasteiger partial charge >= 0.3 is 0 Å². The Labute approximate surface area is 152 Å². The van der Waals surface area contributed by atoms with Crippen molar-refractivity contribution in [2.45, 2.75) is 6.54 Å². The summed E-state index contributed by atoms with van der Waals surface area (Å²) in [6.07, 6.45) is 1.64. The van der Waals surface area contributed by atoms with E-state index in [1.807, 2.05) is 18.2 Å². The van der Waals surface area contributed by atoms with Gasteiger partial charge in [-0.05, 0) is 23.8 Å². The van der Waals surface area contributed by atoms with E-state index in [2.05, 4.69) is 10.5 Å². The third kappa shape index (κ3) is 4.70. The van der Waals surface area contributed by atoms with E-state index in [0.717, 1.165) is 11.1 Å². The third-order valence-corrected chi connectivity index (χ3v) is 3.83. The number of hydrogen-bond donors (Lipinski definition) is 1. The number of benzene rings is 2. The molecule has 0 saturated carbocycles. The zero-order valence-corrected chi connectivity index (χ0v) is 15.4. The molecular weight excluding hydrogens is 344 g/mol. The summed E-state index contributed by atoms with van der Waals surface area (Å²) in [4.78, 5) is 0. The molecule has 6 nitrogen and oxygen atoms in total. The van der Waals surface area contributed by atoms with Crippen LogP contribution in [0.4, 0.5) is 0 Å². The molecule has 0 radical (unpaired) electrons. The summed E-state index contributed by atoms with van der Waals surface area (Å²) >= 11 is 6.14. The van der Waals surface area contributed by atoms with Crippen LogP contribution >= 0.6 is 11.6 Å². The topological polar surface area (TPSA) is 61.3 Å². The number of methoxy groups -OCH3 is 4. The molecule has 2 rings (SSSR count). The van der Waals surface area contributed by atoms with E-state index in [4.69, 9.17) is 30.5 Å². The van der Waals surface area contributed by atoms with Crippen molar-refractivity contribution in [3.8, 4) is 23.0 Å². The zero-order valence-electron chi connectivity index (χ0n) is 14.6. The van der Waals surface area contributed by atoms with Gasteiger partial charge in [0, 0.05) is 11.6 Å². The summed E-state index contributed by atoms with van der Waals surface area (Å²) in [5.41, 5.74) is 4.73. The van der Waals surface area contributed by atoms with Gasteiger partial charge in [-0.25, -0.2) is 0 Å². The van der Waals surface area contributed by atoms with Gasteiger partial charge in [0.2, 0.25) is 0 Å². The van der Waals surface area contributed by atoms with E-state index in [1.165, 1.54) is 0 Å². The molecule has 0 spiro atoms. The molecule has 0 atom stereocenters. The lowest BCUT2D eigenvalue weighted by molar-refractivity contribution is 0.354. The van der Waals surface area contributed by atoms with Gasteiger partial charge < -0.3 is 24.4 Å². The number of hydrogen-bond acceptors (Lipinski definition) is 6. The summed E-state index contributed by atoms with van der Waals surface area (Å²) < 4.78 is 21.0. The van der Waals surface area contributed by atoms with E-state index < -0.39 is 0 Å². The molecule has 0 heterocycles. The van der Waals surface area contributed by atoms with E-state index in [9.17, 15) is 0 Å². The minimum atomic E-state index is 0.490.